The van der Waals surface area contributed by atoms with Crippen LogP contribution in [-0.2, 0) is 9.47 Å². The van der Waals surface area contributed by atoms with Gasteiger partial charge in [0.2, 0.25) is 0 Å². The summed E-state index contributed by atoms with van der Waals surface area (Å²) < 4.78 is 11.8. The van der Waals surface area contributed by atoms with Gasteiger partial charge in [-0.25, -0.2) is 0 Å². The fourth-order valence-electron chi connectivity index (χ4n) is 3.79. The topological polar surface area (TPSA) is 21.7 Å². The average Bonchev–Trinajstić information content (AvgIpc) is 2.81. The number of hydrogen-bond donors (Lipinski definition) is 0. The molecule has 0 amide bonds. The summed E-state index contributed by atoms with van der Waals surface area (Å²) in [6.45, 7) is 7.86. The van der Waals surface area contributed by atoms with Crippen molar-refractivity contribution in [1.29, 1.82) is 0 Å². The lowest BCUT2D eigenvalue weighted by Gasteiger charge is -2.24. The number of hydrogen-bond acceptors (Lipinski definition) is 3. The highest BCUT2D eigenvalue weighted by molar-refractivity contribution is 4.92. The highest BCUT2D eigenvalue weighted by atomic mass is 16.5. The fraction of sp³-hybridized carbons (Fsp3) is 0.867. The molecule has 0 N–H and O–H groups in total. The van der Waals surface area contributed by atoms with Gasteiger partial charge in [0, 0.05) is 13.2 Å². The summed E-state index contributed by atoms with van der Waals surface area (Å²) in [6.07, 6.45) is 31.3. The van der Waals surface area contributed by atoms with E-state index < -0.39 is 0 Å². The standard InChI is InChI=1S/C30H59NO2/c1-5-7-9-11-12-13-14-15-16-17-18-19-20-21-23-25-27-33-29-30(31(3)4)28-32-26-24-22-10-8-6-2/h12-13,15-16,30H,5-11,14,17-29H2,1-4H3/b13-12?,16-15-/t30-/m0/s1. The second kappa shape index (κ2) is 27.6. The third-order valence-electron chi connectivity index (χ3n) is 6.23. The normalized spacial score (nSPS) is 13.1. The number of ether oxygens (including phenoxy) is 2. The molecule has 3 nitrogen and oxygen atoms in total. The van der Waals surface area contributed by atoms with Gasteiger partial charge in [-0.15, -0.1) is 0 Å². The van der Waals surface area contributed by atoms with Gasteiger partial charge in [0.15, 0.2) is 0 Å². The maximum absolute atomic E-state index is 5.95. The molecule has 3 heteroatoms. The van der Waals surface area contributed by atoms with Crippen molar-refractivity contribution in [1.82, 2.24) is 4.90 Å². The lowest BCUT2D eigenvalue weighted by atomic mass is 10.1. The van der Waals surface area contributed by atoms with Crippen molar-refractivity contribution in [3.8, 4) is 0 Å². The van der Waals surface area contributed by atoms with E-state index in [-0.39, 0.29) is 0 Å². The lowest BCUT2D eigenvalue weighted by molar-refractivity contribution is 0.0197. The van der Waals surface area contributed by atoms with Gasteiger partial charge < -0.3 is 14.4 Å². The van der Waals surface area contributed by atoms with E-state index in [0.29, 0.717) is 6.04 Å². The molecule has 0 unspecified atom stereocenters. The summed E-state index contributed by atoms with van der Waals surface area (Å²) >= 11 is 0. The minimum atomic E-state index is 0.366. The van der Waals surface area contributed by atoms with E-state index >= 15 is 0 Å². The van der Waals surface area contributed by atoms with E-state index in [2.05, 4.69) is 57.1 Å². The van der Waals surface area contributed by atoms with Crippen LogP contribution in [0.2, 0.25) is 0 Å². The lowest BCUT2D eigenvalue weighted by Crippen LogP contribution is -2.37. The Kier molecular flexibility index (Phi) is 27.1. The Labute approximate surface area is 208 Å². The predicted octanol–water partition coefficient (Wildman–Crippen LogP) is 8.73. The molecule has 1 atom stereocenters. The molecule has 0 radical (unpaired) electrons. The number of nitrogens with zero attached hydrogens (tertiary/aromatic N) is 1. The molecule has 0 heterocycles. The number of likely N-dealkylation sites (N-methyl/N-ethyl adjacent to an activating group) is 1. The first-order chi connectivity index (χ1) is 16.2. The molecule has 0 aliphatic rings. The molecule has 0 rings (SSSR count). The molecule has 33 heavy (non-hydrogen) atoms. The van der Waals surface area contributed by atoms with Crippen LogP contribution in [0.4, 0.5) is 0 Å². The van der Waals surface area contributed by atoms with Crippen LogP contribution in [0.1, 0.15) is 123 Å². The average molecular weight is 466 g/mol. The number of unbranched alkanes of at least 4 members (excludes halogenated alkanes) is 13. The summed E-state index contributed by atoms with van der Waals surface area (Å²) in [6, 6.07) is 0.366. The molecule has 0 saturated heterocycles. The maximum atomic E-state index is 5.95. The molecule has 0 fully saturated rings. The van der Waals surface area contributed by atoms with Crippen LogP contribution in [-0.4, -0.2) is 51.5 Å². The fourth-order valence-corrected chi connectivity index (χ4v) is 3.79. The molecule has 0 aromatic heterocycles. The van der Waals surface area contributed by atoms with E-state index in [4.69, 9.17) is 9.47 Å². The van der Waals surface area contributed by atoms with Gasteiger partial charge in [0.1, 0.15) is 0 Å². The number of rotatable bonds is 26. The minimum Gasteiger partial charge on any atom is -0.380 e. The van der Waals surface area contributed by atoms with E-state index in [1.165, 1.54) is 103 Å². The van der Waals surface area contributed by atoms with Gasteiger partial charge in [0.25, 0.3) is 0 Å². The van der Waals surface area contributed by atoms with Gasteiger partial charge >= 0.3 is 0 Å². The largest absolute Gasteiger partial charge is 0.380 e. The zero-order valence-electron chi connectivity index (χ0n) is 23.0. The van der Waals surface area contributed by atoms with Crippen LogP contribution in [0.5, 0.6) is 0 Å². The highest BCUT2D eigenvalue weighted by Crippen LogP contribution is 2.09. The van der Waals surface area contributed by atoms with Crippen molar-refractivity contribution in [3.05, 3.63) is 24.3 Å². The van der Waals surface area contributed by atoms with Gasteiger partial charge in [0.05, 0.1) is 19.3 Å². The maximum Gasteiger partial charge on any atom is 0.0644 e. The van der Waals surface area contributed by atoms with E-state index in [1.54, 1.807) is 0 Å². The Morgan fingerprint density at radius 1 is 0.545 bits per heavy atom. The first-order valence-electron chi connectivity index (χ1n) is 14.3. The first-order valence-corrected chi connectivity index (χ1v) is 14.3. The zero-order chi connectivity index (χ0) is 24.2. The first kappa shape index (κ1) is 32.4. The summed E-state index contributed by atoms with van der Waals surface area (Å²) in [5.41, 5.74) is 0. The Morgan fingerprint density at radius 2 is 0.970 bits per heavy atom. The Bertz CT molecular complexity index is 420. The van der Waals surface area contributed by atoms with E-state index in [9.17, 15) is 0 Å². The summed E-state index contributed by atoms with van der Waals surface area (Å²) in [4.78, 5) is 2.23. The summed E-state index contributed by atoms with van der Waals surface area (Å²) in [7, 11) is 4.25. The van der Waals surface area contributed by atoms with Crippen molar-refractivity contribution in [2.45, 2.75) is 129 Å². The second-order valence-electron chi connectivity index (χ2n) is 9.77. The van der Waals surface area contributed by atoms with Crippen LogP contribution in [0.15, 0.2) is 24.3 Å². The van der Waals surface area contributed by atoms with Crippen LogP contribution >= 0.6 is 0 Å². The molecule has 0 aliphatic heterocycles. The Balaban J connectivity index is 3.44. The minimum absolute atomic E-state index is 0.366. The SMILES string of the molecule is CCCCCC=CC/C=C\CCCCCCCCOC[C@H](COCCCCCCC)N(C)C. The van der Waals surface area contributed by atoms with Gasteiger partial charge in [-0.2, -0.15) is 0 Å². The van der Waals surface area contributed by atoms with Crippen LogP contribution in [0.3, 0.4) is 0 Å². The monoisotopic (exact) mass is 465 g/mol. The van der Waals surface area contributed by atoms with Crippen molar-refractivity contribution in [3.63, 3.8) is 0 Å². The summed E-state index contributed by atoms with van der Waals surface area (Å²) in [5, 5.41) is 0. The molecular formula is C30H59NO2. The zero-order valence-corrected chi connectivity index (χ0v) is 23.0. The highest BCUT2D eigenvalue weighted by Gasteiger charge is 2.11. The molecule has 0 saturated carbocycles. The van der Waals surface area contributed by atoms with Crippen LogP contribution in [0, 0.1) is 0 Å². The molecule has 0 spiro atoms. The third-order valence-corrected chi connectivity index (χ3v) is 6.23. The predicted molar refractivity (Wildman–Crippen MR) is 147 cm³/mol. The van der Waals surface area contributed by atoms with Crippen molar-refractivity contribution < 1.29 is 9.47 Å². The second-order valence-corrected chi connectivity index (χ2v) is 9.77. The van der Waals surface area contributed by atoms with Crippen LogP contribution in [0.25, 0.3) is 0 Å². The van der Waals surface area contributed by atoms with Gasteiger partial charge in [-0.05, 0) is 59.0 Å². The van der Waals surface area contributed by atoms with Crippen LogP contribution < -0.4 is 0 Å². The molecule has 196 valence electrons. The van der Waals surface area contributed by atoms with Gasteiger partial charge in [-0.1, -0.05) is 102 Å². The smallest absolute Gasteiger partial charge is 0.0644 e. The van der Waals surface area contributed by atoms with Crippen molar-refractivity contribution in [2.75, 3.05) is 40.5 Å². The molecular weight excluding hydrogens is 406 g/mol. The third kappa shape index (κ3) is 25.8. The van der Waals surface area contributed by atoms with Crippen molar-refractivity contribution >= 4 is 0 Å². The molecule has 0 aliphatic carbocycles. The Hall–Kier alpha value is -0.640. The molecule has 0 aromatic rings. The number of allylic oxidation sites excluding steroid dienone is 4. The molecule has 0 aromatic carbocycles. The van der Waals surface area contributed by atoms with Crippen molar-refractivity contribution in [2.24, 2.45) is 0 Å². The Morgan fingerprint density at radius 3 is 1.48 bits per heavy atom. The van der Waals surface area contributed by atoms with Gasteiger partial charge in [-0.3, -0.25) is 0 Å². The van der Waals surface area contributed by atoms with E-state index in [0.717, 1.165) is 32.8 Å². The molecule has 0 bridgehead atoms. The van der Waals surface area contributed by atoms with E-state index in [1.807, 2.05) is 0 Å². The summed E-state index contributed by atoms with van der Waals surface area (Å²) in [5.74, 6) is 0. The quantitative estimate of drug-likeness (QED) is 0.0941.